The number of phenols is 1. The Hall–Kier alpha value is -2.47. The second-order valence-corrected chi connectivity index (χ2v) is 4.24. The topological polar surface area (TPSA) is 75.4 Å². The fourth-order valence-corrected chi connectivity index (χ4v) is 1.84. The van der Waals surface area contributed by atoms with E-state index in [9.17, 15) is 19.6 Å². The molecule has 0 spiro atoms. The third-order valence-electron chi connectivity index (χ3n) is 2.88. The second-order valence-electron chi connectivity index (χ2n) is 4.24. The van der Waals surface area contributed by atoms with E-state index in [1.165, 1.54) is 12.1 Å². The van der Waals surface area contributed by atoms with Gasteiger partial charge in [-0.25, -0.2) is 0 Å². The molecule has 6 heteroatoms. The highest BCUT2D eigenvalue weighted by Gasteiger charge is 2.16. The molecule has 0 bridgehead atoms. The van der Waals surface area contributed by atoms with E-state index >= 15 is 0 Å². The van der Waals surface area contributed by atoms with Crippen molar-refractivity contribution >= 4 is 5.69 Å². The number of nitro benzene ring substituents is 1. The van der Waals surface area contributed by atoms with Crippen molar-refractivity contribution in [1.29, 1.82) is 0 Å². The highest BCUT2D eigenvalue weighted by molar-refractivity contribution is 5.37. The Morgan fingerprint density at radius 2 is 1.75 bits per heavy atom. The van der Waals surface area contributed by atoms with Crippen LogP contribution < -0.4 is 5.32 Å². The van der Waals surface area contributed by atoms with Crippen LogP contribution in [0.15, 0.2) is 42.5 Å². The predicted octanol–water partition coefficient (Wildman–Crippen LogP) is 2.73. The summed E-state index contributed by atoms with van der Waals surface area (Å²) in [6, 6.07) is 10.8. The third kappa shape index (κ3) is 3.10. The highest BCUT2D eigenvalue weighted by atomic mass is 19.1. The Bertz CT molecular complexity index is 632. The van der Waals surface area contributed by atoms with Crippen molar-refractivity contribution in [3.63, 3.8) is 0 Å². The summed E-state index contributed by atoms with van der Waals surface area (Å²) in [5.74, 6) is -0.679. The average Bonchev–Trinajstić information content (AvgIpc) is 2.42. The zero-order chi connectivity index (χ0) is 14.5. The molecular formula is C14H13FN2O3. The van der Waals surface area contributed by atoms with Gasteiger partial charge >= 0.3 is 5.69 Å². The molecular weight excluding hydrogens is 263 g/mol. The molecule has 0 aliphatic rings. The molecule has 0 saturated carbocycles. The van der Waals surface area contributed by atoms with E-state index in [0.29, 0.717) is 12.1 Å². The van der Waals surface area contributed by atoms with Crippen LogP contribution in [0.3, 0.4) is 0 Å². The van der Waals surface area contributed by atoms with Crippen LogP contribution in [-0.4, -0.2) is 10.0 Å². The van der Waals surface area contributed by atoms with Crippen molar-refractivity contribution < 1.29 is 14.4 Å². The summed E-state index contributed by atoms with van der Waals surface area (Å²) in [5.41, 5.74) is 0.361. The van der Waals surface area contributed by atoms with Crippen LogP contribution in [0, 0.1) is 15.9 Å². The number of nitro groups is 1. The maximum absolute atomic E-state index is 13.8. The largest absolute Gasteiger partial charge is 0.508 e. The summed E-state index contributed by atoms with van der Waals surface area (Å²) >= 11 is 0. The number of hydrogen-bond acceptors (Lipinski definition) is 4. The van der Waals surface area contributed by atoms with E-state index in [4.69, 9.17) is 0 Å². The summed E-state index contributed by atoms with van der Waals surface area (Å²) < 4.78 is 13.8. The Morgan fingerprint density at radius 3 is 2.45 bits per heavy atom. The molecule has 104 valence electrons. The predicted molar refractivity (Wildman–Crippen MR) is 71.7 cm³/mol. The Balaban J connectivity index is 2.03. The number of phenolic OH excluding ortho intramolecular Hbond substituents is 1. The van der Waals surface area contributed by atoms with Crippen molar-refractivity contribution in [1.82, 2.24) is 5.32 Å². The van der Waals surface area contributed by atoms with Crippen LogP contribution >= 0.6 is 0 Å². The monoisotopic (exact) mass is 276 g/mol. The van der Waals surface area contributed by atoms with Gasteiger partial charge < -0.3 is 10.4 Å². The zero-order valence-corrected chi connectivity index (χ0v) is 10.5. The molecule has 20 heavy (non-hydrogen) atoms. The van der Waals surface area contributed by atoms with Crippen molar-refractivity contribution in [2.45, 2.75) is 13.1 Å². The summed E-state index contributed by atoms with van der Waals surface area (Å²) in [7, 11) is 0. The average molecular weight is 276 g/mol. The first-order valence-corrected chi connectivity index (χ1v) is 5.99. The fraction of sp³-hybridized carbons (Fsp3) is 0.143. The quantitative estimate of drug-likeness (QED) is 0.650. The number of para-hydroxylation sites is 1. The molecule has 0 radical (unpaired) electrons. The smallest absolute Gasteiger partial charge is 0.305 e. The van der Waals surface area contributed by atoms with Crippen LogP contribution in [0.5, 0.6) is 5.75 Å². The molecule has 2 aromatic carbocycles. The van der Waals surface area contributed by atoms with Gasteiger partial charge in [-0.1, -0.05) is 30.3 Å². The molecule has 0 heterocycles. The number of rotatable bonds is 5. The number of nitrogens with one attached hydrogen (secondary N) is 1. The first-order chi connectivity index (χ1) is 9.59. The Labute approximate surface area is 114 Å². The summed E-state index contributed by atoms with van der Waals surface area (Å²) in [6.07, 6.45) is 0. The van der Waals surface area contributed by atoms with Crippen molar-refractivity contribution in [2.75, 3.05) is 0 Å². The molecule has 0 atom stereocenters. The SMILES string of the molecule is O=[N+]([O-])c1cccc(CNCc2ccccc2O)c1F. The van der Waals surface area contributed by atoms with Gasteiger partial charge in [-0.05, 0) is 6.07 Å². The van der Waals surface area contributed by atoms with Gasteiger partial charge in [-0.3, -0.25) is 10.1 Å². The lowest BCUT2D eigenvalue weighted by Gasteiger charge is -2.07. The molecule has 0 amide bonds. The standard InChI is InChI=1S/C14H13FN2O3/c15-14-11(5-3-6-12(14)17(19)20)9-16-8-10-4-1-2-7-13(10)18/h1-7,16,18H,8-9H2. The van der Waals surface area contributed by atoms with Crippen LogP contribution in [0.1, 0.15) is 11.1 Å². The third-order valence-corrected chi connectivity index (χ3v) is 2.88. The number of benzene rings is 2. The molecule has 2 N–H and O–H groups in total. The second kappa shape index (κ2) is 6.12. The minimum Gasteiger partial charge on any atom is -0.508 e. The van der Waals surface area contributed by atoms with Gasteiger partial charge in [-0.15, -0.1) is 0 Å². The van der Waals surface area contributed by atoms with Crippen LogP contribution in [0.4, 0.5) is 10.1 Å². The molecule has 0 fully saturated rings. The van der Waals surface area contributed by atoms with Crippen LogP contribution in [0.25, 0.3) is 0 Å². The maximum atomic E-state index is 13.8. The van der Waals surface area contributed by atoms with E-state index in [2.05, 4.69) is 5.32 Å². The van der Waals surface area contributed by atoms with Crippen LogP contribution in [-0.2, 0) is 13.1 Å². The summed E-state index contributed by atoms with van der Waals surface area (Å²) in [4.78, 5) is 9.88. The number of aromatic hydroxyl groups is 1. The minimum absolute atomic E-state index is 0.141. The van der Waals surface area contributed by atoms with Crippen LogP contribution in [0.2, 0.25) is 0 Å². The fourth-order valence-electron chi connectivity index (χ4n) is 1.84. The van der Waals surface area contributed by atoms with Crippen molar-refractivity contribution in [3.8, 4) is 5.75 Å². The lowest BCUT2D eigenvalue weighted by Crippen LogP contribution is -2.14. The van der Waals surface area contributed by atoms with Gasteiger partial charge in [0.1, 0.15) is 5.75 Å². The van der Waals surface area contributed by atoms with E-state index < -0.39 is 16.4 Å². The van der Waals surface area contributed by atoms with Crippen molar-refractivity contribution in [2.24, 2.45) is 0 Å². The lowest BCUT2D eigenvalue weighted by atomic mass is 10.1. The number of hydrogen-bond donors (Lipinski definition) is 2. The van der Waals surface area contributed by atoms with Gasteiger partial charge in [0.05, 0.1) is 4.92 Å². The summed E-state index contributed by atoms with van der Waals surface area (Å²) in [6.45, 7) is 0.483. The molecule has 0 saturated heterocycles. The van der Waals surface area contributed by atoms with Gasteiger partial charge in [-0.2, -0.15) is 4.39 Å². The molecule has 5 nitrogen and oxygen atoms in total. The highest BCUT2D eigenvalue weighted by Crippen LogP contribution is 2.20. The molecule has 0 aliphatic heterocycles. The molecule has 2 aromatic rings. The first-order valence-electron chi connectivity index (χ1n) is 5.99. The number of nitrogens with zero attached hydrogens (tertiary/aromatic N) is 1. The van der Waals surface area contributed by atoms with E-state index in [1.807, 2.05) is 0 Å². The van der Waals surface area contributed by atoms with Gasteiger partial charge in [0, 0.05) is 30.3 Å². The van der Waals surface area contributed by atoms with Gasteiger partial charge in [0.15, 0.2) is 0 Å². The maximum Gasteiger partial charge on any atom is 0.305 e. The molecule has 2 rings (SSSR count). The van der Waals surface area contributed by atoms with E-state index in [-0.39, 0.29) is 17.9 Å². The number of halogens is 1. The zero-order valence-electron chi connectivity index (χ0n) is 10.5. The minimum atomic E-state index is -0.831. The molecule has 0 unspecified atom stereocenters. The summed E-state index contributed by atoms with van der Waals surface area (Å²) in [5, 5.41) is 23.1. The van der Waals surface area contributed by atoms with Gasteiger partial charge in [0.2, 0.25) is 5.82 Å². The van der Waals surface area contributed by atoms with E-state index in [0.717, 1.165) is 6.07 Å². The normalized spacial score (nSPS) is 10.4. The first kappa shape index (κ1) is 14.0. The van der Waals surface area contributed by atoms with Crippen molar-refractivity contribution in [3.05, 3.63) is 69.5 Å². The molecule has 0 aliphatic carbocycles. The Morgan fingerprint density at radius 1 is 1.10 bits per heavy atom. The lowest BCUT2D eigenvalue weighted by molar-refractivity contribution is -0.387. The van der Waals surface area contributed by atoms with E-state index in [1.54, 1.807) is 24.3 Å². The van der Waals surface area contributed by atoms with Gasteiger partial charge in [0.25, 0.3) is 0 Å². The molecule has 0 aromatic heterocycles. The Kier molecular flexibility index (Phi) is 4.27.